The monoisotopic (exact) mass is 288 g/mol. The van der Waals surface area contributed by atoms with Gasteiger partial charge in [0, 0.05) is 39.6 Å². The molecule has 2 amide bonds. The third-order valence-electron chi connectivity index (χ3n) is 3.89. The van der Waals surface area contributed by atoms with Crippen LogP contribution in [-0.4, -0.2) is 55.8 Å². The Morgan fingerprint density at radius 1 is 1.43 bits per heavy atom. The normalized spacial score (nSPS) is 17.7. The van der Waals surface area contributed by atoms with Gasteiger partial charge in [-0.15, -0.1) is 0 Å². The lowest BCUT2D eigenvalue weighted by Gasteiger charge is -2.36. The van der Waals surface area contributed by atoms with E-state index in [0.29, 0.717) is 13.1 Å². The van der Waals surface area contributed by atoms with Crippen molar-refractivity contribution < 1.29 is 4.79 Å². The van der Waals surface area contributed by atoms with Gasteiger partial charge in [-0.2, -0.15) is 5.10 Å². The molecule has 0 saturated carbocycles. The standard InChI is InChI=1S/C14H20N6O/c1-11-13-15-9-12(10-18-6-4-5-16-18)20(13)8-7-19(11)14(21)17(2)3/h4-6,9,11H,7-8,10H2,1-3H3. The second-order valence-electron chi connectivity index (χ2n) is 5.51. The third kappa shape index (κ3) is 2.39. The van der Waals surface area contributed by atoms with E-state index in [9.17, 15) is 4.79 Å². The molecule has 0 saturated heterocycles. The van der Waals surface area contributed by atoms with Crippen molar-refractivity contribution >= 4 is 6.03 Å². The maximum Gasteiger partial charge on any atom is 0.320 e. The van der Waals surface area contributed by atoms with Crippen molar-refractivity contribution in [3.63, 3.8) is 0 Å². The molecule has 1 unspecified atom stereocenters. The molecule has 7 heteroatoms. The van der Waals surface area contributed by atoms with E-state index in [4.69, 9.17) is 0 Å². The summed E-state index contributed by atoms with van der Waals surface area (Å²) in [6.07, 6.45) is 5.60. The van der Waals surface area contributed by atoms with Gasteiger partial charge in [0.2, 0.25) is 0 Å². The van der Waals surface area contributed by atoms with Crippen LogP contribution in [0.1, 0.15) is 24.5 Å². The smallest absolute Gasteiger partial charge is 0.320 e. The van der Waals surface area contributed by atoms with Gasteiger partial charge in [0.15, 0.2) is 0 Å². The van der Waals surface area contributed by atoms with E-state index in [2.05, 4.69) is 14.6 Å². The second kappa shape index (κ2) is 5.23. The molecular weight excluding hydrogens is 268 g/mol. The summed E-state index contributed by atoms with van der Waals surface area (Å²) in [7, 11) is 3.55. The van der Waals surface area contributed by atoms with Gasteiger partial charge < -0.3 is 14.4 Å². The minimum absolute atomic E-state index is 0.0139. The van der Waals surface area contributed by atoms with Crippen LogP contribution in [0, 0.1) is 0 Å². The van der Waals surface area contributed by atoms with E-state index >= 15 is 0 Å². The first-order valence-electron chi connectivity index (χ1n) is 7.07. The van der Waals surface area contributed by atoms with Crippen LogP contribution in [0.15, 0.2) is 24.7 Å². The van der Waals surface area contributed by atoms with Gasteiger partial charge in [0.25, 0.3) is 0 Å². The summed E-state index contributed by atoms with van der Waals surface area (Å²) in [5, 5.41) is 4.23. The van der Waals surface area contributed by atoms with Crippen molar-refractivity contribution in [2.24, 2.45) is 0 Å². The zero-order valence-electron chi connectivity index (χ0n) is 12.6. The molecule has 0 N–H and O–H groups in total. The van der Waals surface area contributed by atoms with Crippen LogP contribution in [0.4, 0.5) is 4.79 Å². The molecule has 2 aromatic heterocycles. The molecule has 3 rings (SSSR count). The molecule has 112 valence electrons. The van der Waals surface area contributed by atoms with Gasteiger partial charge in [0.1, 0.15) is 5.82 Å². The van der Waals surface area contributed by atoms with Gasteiger partial charge in [-0.25, -0.2) is 9.78 Å². The number of urea groups is 1. The molecule has 0 aliphatic carbocycles. The number of hydrogen-bond donors (Lipinski definition) is 0. The highest BCUT2D eigenvalue weighted by molar-refractivity contribution is 5.74. The quantitative estimate of drug-likeness (QED) is 0.834. The van der Waals surface area contributed by atoms with E-state index in [1.54, 1.807) is 25.2 Å². The molecule has 0 bridgehead atoms. The molecule has 0 spiro atoms. The average Bonchev–Trinajstić information content (AvgIpc) is 3.09. The third-order valence-corrected chi connectivity index (χ3v) is 3.89. The van der Waals surface area contributed by atoms with Gasteiger partial charge in [-0.3, -0.25) is 4.68 Å². The molecule has 1 atom stereocenters. The van der Waals surface area contributed by atoms with Crippen LogP contribution in [-0.2, 0) is 13.1 Å². The zero-order valence-corrected chi connectivity index (χ0v) is 12.6. The Morgan fingerprint density at radius 3 is 2.90 bits per heavy atom. The maximum absolute atomic E-state index is 12.2. The van der Waals surface area contributed by atoms with E-state index in [0.717, 1.165) is 18.1 Å². The van der Waals surface area contributed by atoms with Crippen LogP contribution >= 0.6 is 0 Å². The number of imidazole rings is 1. The minimum Gasteiger partial charge on any atom is -0.331 e. The van der Waals surface area contributed by atoms with E-state index < -0.39 is 0 Å². The Bertz CT molecular complexity index is 630. The van der Waals surface area contributed by atoms with Gasteiger partial charge >= 0.3 is 6.03 Å². The van der Waals surface area contributed by atoms with Gasteiger partial charge in [-0.1, -0.05) is 0 Å². The number of amides is 2. The molecule has 1 aliphatic rings. The molecule has 0 aromatic carbocycles. The van der Waals surface area contributed by atoms with Crippen LogP contribution in [0.5, 0.6) is 0 Å². The molecule has 1 aliphatic heterocycles. The van der Waals surface area contributed by atoms with E-state index in [1.165, 1.54) is 0 Å². The van der Waals surface area contributed by atoms with Crippen LogP contribution in [0.3, 0.4) is 0 Å². The zero-order chi connectivity index (χ0) is 15.0. The lowest BCUT2D eigenvalue weighted by atomic mass is 10.2. The second-order valence-corrected chi connectivity index (χ2v) is 5.51. The fourth-order valence-corrected chi connectivity index (χ4v) is 2.76. The number of carbonyl (C=O) groups excluding carboxylic acids is 1. The van der Waals surface area contributed by atoms with Crippen LogP contribution in [0.2, 0.25) is 0 Å². The van der Waals surface area contributed by atoms with Crippen molar-refractivity contribution in [3.8, 4) is 0 Å². The maximum atomic E-state index is 12.2. The molecular formula is C14H20N6O. The lowest BCUT2D eigenvalue weighted by molar-refractivity contribution is 0.136. The average molecular weight is 288 g/mol. The number of hydrogen-bond acceptors (Lipinski definition) is 3. The Labute approximate surface area is 123 Å². The van der Waals surface area contributed by atoms with Crippen LogP contribution < -0.4 is 0 Å². The number of aromatic nitrogens is 4. The van der Waals surface area contributed by atoms with E-state index in [-0.39, 0.29) is 12.1 Å². The summed E-state index contributed by atoms with van der Waals surface area (Å²) in [5.74, 6) is 0.943. The summed E-state index contributed by atoms with van der Waals surface area (Å²) < 4.78 is 4.08. The first-order chi connectivity index (χ1) is 10.1. The van der Waals surface area contributed by atoms with Crippen molar-refractivity contribution in [2.75, 3.05) is 20.6 Å². The Kier molecular flexibility index (Phi) is 3.40. The fraction of sp³-hybridized carbons (Fsp3) is 0.500. The first kappa shape index (κ1) is 13.7. The molecule has 0 fully saturated rings. The highest BCUT2D eigenvalue weighted by Crippen LogP contribution is 2.26. The summed E-state index contributed by atoms with van der Waals surface area (Å²) >= 11 is 0. The molecule has 21 heavy (non-hydrogen) atoms. The van der Waals surface area contributed by atoms with Gasteiger partial charge in [0.05, 0.1) is 24.5 Å². The van der Waals surface area contributed by atoms with Crippen molar-refractivity contribution in [1.82, 2.24) is 29.1 Å². The van der Waals surface area contributed by atoms with Crippen molar-refractivity contribution in [3.05, 3.63) is 36.2 Å². The first-order valence-corrected chi connectivity index (χ1v) is 7.07. The largest absolute Gasteiger partial charge is 0.331 e. The Hall–Kier alpha value is -2.31. The number of rotatable bonds is 2. The van der Waals surface area contributed by atoms with Gasteiger partial charge in [-0.05, 0) is 13.0 Å². The molecule has 0 radical (unpaired) electrons. The van der Waals surface area contributed by atoms with Crippen LogP contribution in [0.25, 0.3) is 0 Å². The number of nitrogens with zero attached hydrogens (tertiary/aromatic N) is 6. The fourth-order valence-electron chi connectivity index (χ4n) is 2.76. The van der Waals surface area contributed by atoms with E-state index in [1.807, 2.05) is 35.0 Å². The predicted molar refractivity (Wildman–Crippen MR) is 77.8 cm³/mol. The summed E-state index contributed by atoms with van der Waals surface area (Å²) in [6.45, 7) is 4.20. The topological polar surface area (TPSA) is 59.2 Å². The summed E-state index contributed by atoms with van der Waals surface area (Å²) in [6, 6.07) is 1.93. The highest BCUT2D eigenvalue weighted by Gasteiger charge is 2.30. The van der Waals surface area contributed by atoms with Crippen molar-refractivity contribution in [1.29, 1.82) is 0 Å². The number of carbonyl (C=O) groups is 1. The lowest BCUT2D eigenvalue weighted by Crippen LogP contribution is -2.46. The highest BCUT2D eigenvalue weighted by atomic mass is 16.2. The minimum atomic E-state index is -0.0139. The summed E-state index contributed by atoms with van der Waals surface area (Å²) in [5.41, 5.74) is 1.12. The number of fused-ring (bicyclic) bond motifs is 1. The predicted octanol–water partition coefficient (Wildman–Crippen LogP) is 1.19. The Morgan fingerprint density at radius 2 is 2.24 bits per heavy atom. The molecule has 2 aromatic rings. The SMILES string of the molecule is CC1c2ncc(Cn3cccn3)n2CCN1C(=O)N(C)C. The van der Waals surface area contributed by atoms with Crippen molar-refractivity contribution in [2.45, 2.75) is 26.1 Å². The Balaban J connectivity index is 1.84. The summed E-state index contributed by atoms with van der Waals surface area (Å²) in [4.78, 5) is 20.2. The molecule has 7 nitrogen and oxygen atoms in total. The molecule has 3 heterocycles.